The average molecular weight is 316 g/mol. The van der Waals surface area contributed by atoms with E-state index in [1.807, 2.05) is 12.1 Å². The highest BCUT2D eigenvalue weighted by atomic mass is 79.9. The first-order chi connectivity index (χ1) is 8.67. The molecule has 0 aromatic heterocycles. The van der Waals surface area contributed by atoms with Crippen molar-refractivity contribution in [1.29, 1.82) is 0 Å². The second-order valence-electron chi connectivity index (χ2n) is 4.54. The largest absolute Gasteiger partial charge is 0.493 e. The van der Waals surface area contributed by atoms with Crippen LogP contribution in [0.15, 0.2) is 16.6 Å². The van der Waals surface area contributed by atoms with Gasteiger partial charge in [0.2, 0.25) is 0 Å². The van der Waals surface area contributed by atoms with Crippen LogP contribution in [0.3, 0.4) is 0 Å². The van der Waals surface area contributed by atoms with Crippen molar-refractivity contribution in [2.24, 2.45) is 11.7 Å². The van der Waals surface area contributed by atoms with Gasteiger partial charge in [0.25, 0.3) is 0 Å². The fourth-order valence-electron chi connectivity index (χ4n) is 1.79. The first kappa shape index (κ1) is 13.6. The molecule has 18 heavy (non-hydrogen) atoms. The molecule has 1 aromatic carbocycles. The van der Waals surface area contributed by atoms with Crippen molar-refractivity contribution in [3.8, 4) is 11.5 Å². The summed E-state index contributed by atoms with van der Waals surface area (Å²) in [6.07, 6.45) is 2.44. The number of hydrogen-bond acceptors (Lipinski definition) is 4. The monoisotopic (exact) mass is 315 g/mol. The predicted molar refractivity (Wildman–Crippen MR) is 72.9 cm³/mol. The summed E-state index contributed by atoms with van der Waals surface area (Å²) < 4.78 is 12.0. The van der Waals surface area contributed by atoms with E-state index in [2.05, 4.69) is 15.9 Å². The van der Waals surface area contributed by atoms with Crippen LogP contribution in [0.2, 0.25) is 0 Å². The maximum Gasteiger partial charge on any atom is 0.167 e. The highest BCUT2D eigenvalue weighted by Crippen LogP contribution is 2.40. The SMILES string of the molecule is COc1ccc(Br)c(C(N)CO)c1OCC1CC1. The first-order valence-electron chi connectivity index (χ1n) is 6.03. The Morgan fingerprint density at radius 1 is 1.50 bits per heavy atom. The van der Waals surface area contributed by atoms with Gasteiger partial charge in [0.05, 0.1) is 26.4 Å². The maximum absolute atomic E-state index is 9.25. The molecule has 0 aliphatic heterocycles. The van der Waals surface area contributed by atoms with Gasteiger partial charge in [0.15, 0.2) is 11.5 Å². The van der Waals surface area contributed by atoms with Gasteiger partial charge < -0.3 is 20.3 Å². The number of benzene rings is 1. The molecule has 1 saturated carbocycles. The molecule has 1 aliphatic rings. The lowest BCUT2D eigenvalue weighted by molar-refractivity contribution is 0.250. The Hall–Kier alpha value is -0.780. The van der Waals surface area contributed by atoms with Gasteiger partial charge in [-0.3, -0.25) is 0 Å². The number of ether oxygens (including phenoxy) is 2. The van der Waals surface area contributed by atoms with Crippen LogP contribution in [0.4, 0.5) is 0 Å². The van der Waals surface area contributed by atoms with Crippen molar-refractivity contribution in [2.75, 3.05) is 20.3 Å². The molecule has 1 atom stereocenters. The van der Waals surface area contributed by atoms with Gasteiger partial charge in [-0.25, -0.2) is 0 Å². The lowest BCUT2D eigenvalue weighted by Crippen LogP contribution is -2.17. The van der Waals surface area contributed by atoms with Crippen LogP contribution in [0.1, 0.15) is 24.4 Å². The number of methoxy groups -OCH3 is 1. The summed E-state index contributed by atoms with van der Waals surface area (Å²) >= 11 is 3.45. The molecular formula is C13H18BrNO3. The van der Waals surface area contributed by atoms with Gasteiger partial charge in [0.1, 0.15) is 0 Å². The highest BCUT2D eigenvalue weighted by molar-refractivity contribution is 9.10. The Morgan fingerprint density at radius 2 is 2.22 bits per heavy atom. The number of aliphatic hydroxyl groups excluding tert-OH is 1. The molecule has 2 rings (SSSR count). The van der Waals surface area contributed by atoms with Gasteiger partial charge in [-0.15, -0.1) is 0 Å². The lowest BCUT2D eigenvalue weighted by atomic mass is 10.1. The third kappa shape index (κ3) is 2.96. The molecule has 4 nitrogen and oxygen atoms in total. The van der Waals surface area contributed by atoms with E-state index in [1.165, 1.54) is 12.8 Å². The number of aliphatic hydroxyl groups is 1. The highest BCUT2D eigenvalue weighted by Gasteiger charge is 2.25. The fourth-order valence-corrected chi connectivity index (χ4v) is 2.39. The summed E-state index contributed by atoms with van der Waals surface area (Å²) in [5.41, 5.74) is 6.69. The molecule has 1 aromatic rings. The number of nitrogens with two attached hydrogens (primary N) is 1. The molecule has 0 amide bonds. The Labute approximate surface area is 115 Å². The molecule has 0 radical (unpaired) electrons. The van der Waals surface area contributed by atoms with Crippen LogP contribution in [0.5, 0.6) is 11.5 Å². The lowest BCUT2D eigenvalue weighted by Gasteiger charge is -2.19. The minimum Gasteiger partial charge on any atom is -0.493 e. The van der Waals surface area contributed by atoms with E-state index in [9.17, 15) is 5.11 Å². The van der Waals surface area contributed by atoms with Gasteiger partial charge in [-0.1, -0.05) is 15.9 Å². The molecule has 5 heteroatoms. The first-order valence-corrected chi connectivity index (χ1v) is 6.82. The molecular weight excluding hydrogens is 298 g/mol. The van der Waals surface area contributed by atoms with E-state index in [-0.39, 0.29) is 6.61 Å². The van der Waals surface area contributed by atoms with Gasteiger partial charge in [-0.05, 0) is 30.9 Å². The van der Waals surface area contributed by atoms with Crippen molar-refractivity contribution in [3.05, 3.63) is 22.2 Å². The predicted octanol–water partition coefficient (Wildman–Crippen LogP) is 2.24. The Morgan fingerprint density at radius 3 is 2.78 bits per heavy atom. The average Bonchev–Trinajstić information content (AvgIpc) is 3.19. The van der Waals surface area contributed by atoms with Crippen LogP contribution in [-0.2, 0) is 0 Å². The van der Waals surface area contributed by atoms with E-state index in [4.69, 9.17) is 15.2 Å². The zero-order chi connectivity index (χ0) is 13.1. The van der Waals surface area contributed by atoms with Crippen LogP contribution < -0.4 is 15.2 Å². The molecule has 3 N–H and O–H groups in total. The van der Waals surface area contributed by atoms with E-state index >= 15 is 0 Å². The maximum atomic E-state index is 9.25. The minimum absolute atomic E-state index is 0.133. The molecule has 1 aliphatic carbocycles. The van der Waals surface area contributed by atoms with Crippen molar-refractivity contribution < 1.29 is 14.6 Å². The summed E-state index contributed by atoms with van der Waals surface area (Å²) in [6.45, 7) is 0.545. The van der Waals surface area contributed by atoms with Gasteiger partial charge in [-0.2, -0.15) is 0 Å². The second kappa shape index (κ2) is 5.91. The normalized spacial score (nSPS) is 16.4. The third-order valence-corrected chi connectivity index (χ3v) is 3.75. The van der Waals surface area contributed by atoms with E-state index in [1.54, 1.807) is 7.11 Å². The number of rotatable bonds is 6. The zero-order valence-electron chi connectivity index (χ0n) is 10.4. The molecule has 1 unspecified atom stereocenters. The van der Waals surface area contributed by atoms with Crippen molar-refractivity contribution >= 4 is 15.9 Å². The summed E-state index contributed by atoms with van der Waals surface area (Å²) in [6, 6.07) is 3.21. The zero-order valence-corrected chi connectivity index (χ0v) is 11.9. The van der Waals surface area contributed by atoms with Crippen LogP contribution in [0.25, 0.3) is 0 Å². The molecule has 1 fully saturated rings. The molecule has 100 valence electrons. The number of halogens is 1. The molecule has 0 spiro atoms. The Balaban J connectivity index is 2.32. The topological polar surface area (TPSA) is 64.7 Å². The van der Waals surface area contributed by atoms with Gasteiger partial charge >= 0.3 is 0 Å². The quantitative estimate of drug-likeness (QED) is 0.845. The Bertz CT molecular complexity index is 421. The van der Waals surface area contributed by atoms with Gasteiger partial charge in [0, 0.05) is 10.0 Å². The van der Waals surface area contributed by atoms with Crippen molar-refractivity contribution in [2.45, 2.75) is 18.9 Å². The third-order valence-electron chi connectivity index (χ3n) is 3.05. The molecule has 0 bridgehead atoms. The molecule has 0 heterocycles. The fraction of sp³-hybridized carbons (Fsp3) is 0.538. The summed E-state index contributed by atoms with van der Waals surface area (Å²) in [4.78, 5) is 0. The smallest absolute Gasteiger partial charge is 0.167 e. The van der Waals surface area contributed by atoms with Crippen molar-refractivity contribution in [1.82, 2.24) is 0 Å². The summed E-state index contributed by atoms with van der Waals surface area (Å²) in [7, 11) is 1.60. The summed E-state index contributed by atoms with van der Waals surface area (Å²) in [5.74, 6) is 1.94. The van der Waals surface area contributed by atoms with Crippen LogP contribution in [-0.4, -0.2) is 25.4 Å². The van der Waals surface area contributed by atoms with E-state index in [0.29, 0.717) is 24.0 Å². The van der Waals surface area contributed by atoms with E-state index in [0.717, 1.165) is 10.0 Å². The Kier molecular flexibility index (Phi) is 4.48. The second-order valence-corrected chi connectivity index (χ2v) is 5.39. The van der Waals surface area contributed by atoms with E-state index < -0.39 is 6.04 Å². The number of hydrogen-bond donors (Lipinski definition) is 2. The van der Waals surface area contributed by atoms with Crippen LogP contribution in [0, 0.1) is 5.92 Å². The summed E-state index contributed by atoms with van der Waals surface area (Å²) in [5, 5.41) is 9.25. The van der Waals surface area contributed by atoms with Crippen molar-refractivity contribution in [3.63, 3.8) is 0 Å². The van der Waals surface area contributed by atoms with Crippen LogP contribution >= 0.6 is 15.9 Å². The standard InChI is InChI=1S/C13H18BrNO3/c1-17-11-5-4-9(14)12(10(15)6-16)13(11)18-7-8-2-3-8/h4-5,8,10,16H,2-3,6-7,15H2,1H3. The minimum atomic E-state index is -0.483. The molecule has 0 saturated heterocycles.